The maximum atomic E-state index is 12.6. The van der Waals surface area contributed by atoms with Gasteiger partial charge in [-0.3, -0.25) is 34.0 Å². The molecule has 0 fully saturated rings. The number of pyridine rings is 1. The van der Waals surface area contributed by atoms with E-state index < -0.39 is 36.8 Å². The van der Waals surface area contributed by atoms with E-state index in [1.54, 1.807) is 19.9 Å². The molecule has 2 heterocycles. The fraction of sp³-hybridized carbons (Fsp3) is 0.364. The molecule has 244 valence electrons. The topological polar surface area (TPSA) is 193 Å². The van der Waals surface area contributed by atoms with Gasteiger partial charge in [0.25, 0.3) is 11.8 Å². The predicted molar refractivity (Wildman–Crippen MR) is 168 cm³/mol. The van der Waals surface area contributed by atoms with Crippen LogP contribution in [0.15, 0.2) is 42.5 Å². The van der Waals surface area contributed by atoms with Gasteiger partial charge < -0.3 is 31.1 Å². The van der Waals surface area contributed by atoms with Crippen molar-refractivity contribution in [3.8, 4) is 11.5 Å². The average molecular weight is 634 g/mol. The summed E-state index contributed by atoms with van der Waals surface area (Å²) >= 11 is 0. The normalized spacial score (nSPS) is 14.2. The first kappa shape index (κ1) is 33.9. The minimum atomic E-state index is -1.19. The Morgan fingerprint density at radius 1 is 0.739 bits per heavy atom. The molecule has 0 atom stereocenters. The molecule has 6 N–H and O–H groups in total. The number of fused-ring (bicyclic) bond motifs is 2. The quantitative estimate of drug-likeness (QED) is 0.192. The fourth-order valence-electron chi connectivity index (χ4n) is 5.54. The van der Waals surface area contributed by atoms with Gasteiger partial charge in [0.15, 0.2) is 0 Å². The zero-order valence-electron chi connectivity index (χ0n) is 25.9. The first-order valence-electron chi connectivity index (χ1n) is 14.9. The summed E-state index contributed by atoms with van der Waals surface area (Å²) in [6.07, 6.45) is 1.37. The van der Waals surface area contributed by atoms with Crippen LogP contribution in [0, 0.1) is 13.8 Å². The Balaban J connectivity index is 1.55. The molecule has 13 nitrogen and oxygen atoms in total. The third kappa shape index (κ3) is 9.25. The van der Waals surface area contributed by atoms with Crippen LogP contribution < -0.4 is 10.6 Å². The Morgan fingerprint density at radius 3 is 1.78 bits per heavy atom. The predicted octanol–water partition coefficient (Wildman–Crippen LogP) is 2.19. The molecule has 1 aliphatic heterocycles. The fourth-order valence-corrected chi connectivity index (χ4v) is 5.54. The van der Waals surface area contributed by atoms with Crippen LogP contribution in [-0.4, -0.2) is 91.7 Å². The van der Waals surface area contributed by atoms with E-state index in [9.17, 15) is 29.4 Å². The van der Waals surface area contributed by atoms with Crippen molar-refractivity contribution in [2.24, 2.45) is 0 Å². The van der Waals surface area contributed by atoms with Gasteiger partial charge >= 0.3 is 11.9 Å². The first-order valence-corrected chi connectivity index (χ1v) is 14.9. The van der Waals surface area contributed by atoms with Gasteiger partial charge in [-0.25, -0.2) is 0 Å². The SMILES string of the molecule is Cc1cc(CN2CCCN(Cc3cc(C)cc(C(=O)NCC(=O)O)c3O)Cc3cccc(n3)CC2)c(O)c(C(=O)NCC(=O)O)c1. The van der Waals surface area contributed by atoms with E-state index in [1.165, 1.54) is 12.1 Å². The standard InChI is InChI=1S/C33H39N5O8/c1-20-11-22(30(43)26(13-20)32(45)34-15-28(39)40)17-37-8-4-9-38(19-25-6-3-5-24(36-25)7-10-37)18-23-12-21(2)14-27(31(23)44)33(46)35-16-29(41)42/h3,5-6,11-14,43-44H,4,7-10,15-19H2,1-2H3,(H,34,45)(H,35,46)(H,39,40)(H,41,42). The van der Waals surface area contributed by atoms with Gasteiger partial charge in [0.1, 0.15) is 24.6 Å². The number of carboxylic acids is 2. The van der Waals surface area contributed by atoms with Crippen LogP contribution in [0.2, 0.25) is 0 Å². The lowest BCUT2D eigenvalue weighted by atomic mass is 10.0. The average Bonchev–Trinajstić information content (AvgIpc) is 3.02. The molecule has 2 amide bonds. The van der Waals surface area contributed by atoms with Gasteiger partial charge in [0.2, 0.25) is 0 Å². The number of rotatable bonds is 10. The highest BCUT2D eigenvalue weighted by Crippen LogP contribution is 2.28. The van der Waals surface area contributed by atoms with Gasteiger partial charge in [0, 0.05) is 56.0 Å². The second kappa shape index (κ2) is 15.3. The van der Waals surface area contributed by atoms with Gasteiger partial charge in [0.05, 0.1) is 16.8 Å². The van der Waals surface area contributed by atoms with Gasteiger partial charge in [-0.1, -0.05) is 18.2 Å². The number of aromatic hydroxyl groups is 2. The molecule has 0 aliphatic carbocycles. The Labute approximate surface area is 266 Å². The number of nitrogens with one attached hydrogen (secondary N) is 2. The first-order chi connectivity index (χ1) is 21.9. The van der Waals surface area contributed by atoms with E-state index in [0.29, 0.717) is 63.2 Å². The van der Waals surface area contributed by atoms with Crippen LogP contribution in [0.3, 0.4) is 0 Å². The molecule has 13 heteroatoms. The van der Waals surface area contributed by atoms with E-state index >= 15 is 0 Å². The highest BCUT2D eigenvalue weighted by Gasteiger charge is 2.21. The molecule has 1 aromatic heterocycles. The van der Waals surface area contributed by atoms with Crippen molar-refractivity contribution in [1.82, 2.24) is 25.4 Å². The molecule has 0 spiro atoms. The van der Waals surface area contributed by atoms with Crippen molar-refractivity contribution in [3.05, 3.63) is 87.2 Å². The van der Waals surface area contributed by atoms with Gasteiger partial charge in [-0.05, 0) is 62.2 Å². The highest BCUT2D eigenvalue weighted by atomic mass is 16.4. The van der Waals surface area contributed by atoms with E-state index in [-0.39, 0.29) is 22.6 Å². The summed E-state index contributed by atoms with van der Waals surface area (Å²) in [7, 11) is 0. The van der Waals surface area contributed by atoms with Crippen molar-refractivity contribution in [1.29, 1.82) is 0 Å². The van der Waals surface area contributed by atoms with Crippen molar-refractivity contribution in [2.75, 3.05) is 32.7 Å². The summed E-state index contributed by atoms with van der Waals surface area (Å²) in [5, 5.41) is 44.5. The number of phenolic OH excluding ortho intramolecular Hbond substituents is 2. The molecule has 1 aliphatic rings. The number of aromatic nitrogens is 1. The summed E-state index contributed by atoms with van der Waals surface area (Å²) < 4.78 is 0. The van der Waals surface area contributed by atoms with E-state index in [2.05, 4.69) is 20.4 Å². The van der Waals surface area contributed by atoms with Crippen LogP contribution >= 0.6 is 0 Å². The molecule has 4 rings (SSSR count). The molecule has 2 bridgehead atoms. The second-order valence-electron chi connectivity index (χ2n) is 11.5. The third-order valence-corrected chi connectivity index (χ3v) is 7.63. The van der Waals surface area contributed by atoms with Crippen molar-refractivity contribution < 1.29 is 39.6 Å². The second-order valence-corrected chi connectivity index (χ2v) is 11.5. The van der Waals surface area contributed by atoms with Crippen molar-refractivity contribution >= 4 is 23.8 Å². The van der Waals surface area contributed by atoms with Crippen LogP contribution in [0.5, 0.6) is 11.5 Å². The number of phenols is 2. The van der Waals surface area contributed by atoms with Crippen LogP contribution in [-0.2, 0) is 35.6 Å². The molecular weight excluding hydrogens is 594 g/mol. The smallest absolute Gasteiger partial charge is 0.322 e. The number of amides is 2. The lowest BCUT2D eigenvalue weighted by Crippen LogP contribution is -2.31. The molecule has 0 saturated heterocycles. The maximum Gasteiger partial charge on any atom is 0.322 e. The van der Waals surface area contributed by atoms with E-state index in [0.717, 1.165) is 22.5 Å². The minimum Gasteiger partial charge on any atom is -0.507 e. The lowest BCUT2D eigenvalue weighted by molar-refractivity contribution is -0.136. The van der Waals surface area contributed by atoms with Gasteiger partial charge in [-0.2, -0.15) is 0 Å². The molecule has 0 saturated carbocycles. The molecule has 2 aromatic carbocycles. The number of carboxylic acid groups (broad SMARTS) is 2. The van der Waals surface area contributed by atoms with Crippen molar-refractivity contribution in [3.63, 3.8) is 0 Å². The number of carbonyl (C=O) groups excluding carboxylic acids is 2. The maximum absolute atomic E-state index is 12.6. The summed E-state index contributed by atoms with van der Waals surface area (Å²) in [6.45, 7) is 5.52. The number of hydrogen-bond donors (Lipinski definition) is 6. The third-order valence-electron chi connectivity index (χ3n) is 7.63. The molecule has 0 radical (unpaired) electrons. The highest BCUT2D eigenvalue weighted by molar-refractivity contribution is 5.99. The van der Waals surface area contributed by atoms with Crippen LogP contribution in [0.4, 0.5) is 0 Å². The molecule has 46 heavy (non-hydrogen) atoms. The van der Waals surface area contributed by atoms with Crippen LogP contribution in [0.25, 0.3) is 0 Å². The van der Waals surface area contributed by atoms with E-state index in [1.807, 2.05) is 24.3 Å². The number of aryl methyl sites for hydroxylation is 2. The Morgan fingerprint density at radius 2 is 1.24 bits per heavy atom. The number of aliphatic carboxylic acids is 2. The number of nitrogens with zero attached hydrogens (tertiary/aromatic N) is 3. The largest absolute Gasteiger partial charge is 0.507 e. The van der Waals surface area contributed by atoms with E-state index in [4.69, 9.17) is 15.2 Å². The summed E-state index contributed by atoms with van der Waals surface area (Å²) in [6, 6.07) is 12.5. The molecule has 0 unspecified atom stereocenters. The number of benzene rings is 2. The number of hydrogen-bond acceptors (Lipinski definition) is 9. The number of carbonyl (C=O) groups is 4. The Kier molecular flexibility index (Phi) is 11.3. The summed E-state index contributed by atoms with van der Waals surface area (Å²) in [5.41, 5.74) is 4.34. The zero-order chi connectivity index (χ0) is 33.4. The summed E-state index contributed by atoms with van der Waals surface area (Å²) in [4.78, 5) is 56.2. The lowest BCUT2D eigenvalue weighted by Gasteiger charge is -2.26. The Hall–Kier alpha value is -5.01. The minimum absolute atomic E-state index is 0.00869. The zero-order valence-corrected chi connectivity index (χ0v) is 25.9. The molecular formula is C33H39N5O8. The van der Waals surface area contributed by atoms with Crippen LogP contribution in [0.1, 0.15) is 60.8 Å². The molecule has 3 aromatic rings. The monoisotopic (exact) mass is 633 g/mol. The van der Waals surface area contributed by atoms with Gasteiger partial charge in [-0.15, -0.1) is 0 Å². The summed E-state index contributed by atoms with van der Waals surface area (Å²) in [5.74, 6) is -4.11. The Bertz CT molecular complexity index is 1630. The van der Waals surface area contributed by atoms with Crippen molar-refractivity contribution in [2.45, 2.75) is 46.3 Å².